The highest BCUT2D eigenvalue weighted by atomic mass is 16.5. The Morgan fingerprint density at radius 3 is 2.55 bits per heavy atom. The molecule has 0 radical (unpaired) electrons. The maximum Gasteiger partial charge on any atom is 0.339 e. The van der Waals surface area contributed by atoms with Crippen molar-refractivity contribution in [2.75, 3.05) is 6.61 Å². The van der Waals surface area contributed by atoms with Crippen LogP contribution in [0.2, 0.25) is 0 Å². The second-order valence-electron chi connectivity index (χ2n) is 7.56. The molecule has 3 aromatic rings. The lowest BCUT2D eigenvalue weighted by Gasteiger charge is -2.13. The minimum atomic E-state index is -0.515. The van der Waals surface area contributed by atoms with Crippen LogP contribution in [-0.2, 0) is 9.53 Å². The first-order valence-corrected chi connectivity index (χ1v) is 10.0. The summed E-state index contributed by atoms with van der Waals surface area (Å²) in [6.45, 7) is 1.75. The molecule has 1 saturated carbocycles. The first kappa shape index (κ1) is 19.1. The first-order valence-electron chi connectivity index (χ1n) is 10.0. The number of aryl methyl sites for hydroxylation is 1. The zero-order valence-electron chi connectivity index (χ0n) is 16.5. The van der Waals surface area contributed by atoms with Crippen LogP contribution in [0.15, 0.2) is 54.6 Å². The van der Waals surface area contributed by atoms with Crippen molar-refractivity contribution in [2.45, 2.75) is 38.6 Å². The maximum atomic E-state index is 12.8. The number of hydrogen-bond donors (Lipinski definition) is 1. The molecule has 4 rings (SSSR count). The van der Waals surface area contributed by atoms with Crippen LogP contribution >= 0.6 is 0 Å². The van der Waals surface area contributed by atoms with E-state index < -0.39 is 5.97 Å². The van der Waals surface area contributed by atoms with E-state index >= 15 is 0 Å². The van der Waals surface area contributed by atoms with Crippen LogP contribution < -0.4 is 5.32 Å². The molecule has 1 heterocycles. The average Bonchev–Trinajstić information content (AvgIpc) is 3.24. The van der Waals surface area contributed by atoms with Crippen molar-refractivity contribution in [3.63, 3.8) is 0 Å². The van der Waals surface area contributed by atoms with E-state index in [-0.39, 0.29) is 18.6 Å². The van der Waals surface area contributed by atoms with Gasteiger partial charge in [0.15, 0.2) is 6.61 Å². The predicted molar refractivity (Wildman–Crippen MR) is 113 cm³/mol. The highest BCUT2D eigenvalue weighted by Crippen LogP contribution is 2.26. The molecule has 1 aliphatic rings. The third kappa shape index (κ3) is 4.45. The number of pyridine rings is 1. The molecule has 1 fully saturated rings. The number of ether oxygens (including phenoxy) is 1. The molecule has 29 heavy (non-hydrogen) atoms. The average molecular weight is 388 g/mol. The number of para-hydroxylation sites is 1. The van der Waals surface area contributed by atoms with Gasteiger partial charge in [0.2, 0.25) is 0 Å². The SMILES string of the molecule is Cc1ccc(-c2cc(C(=O)OCC(=O)NC3CCCC3)c3ccccc3n2)cc1. The number of amides is 1. The van der Waals surface area contributed by atoms with Crippen LogP contribution in [-0.4, -0.2) is 29.5 Å². The normalized spacial score (nSPS) is 14.1. The van der Waals surface area contributed by atoms with Crippen LogP contribution in [0.4, 0.5) is 0 Å². The molecule has 0 unspecified atom stereocenters. The topological polar surface area (TPSA) is 68.3 Å². The summed E-state index contributed by atoms with van der Waals surface area (Å²) in [4.78, 5) is 29.6. The van der Waals surface area contributed by atoms with Gasteiger partial charge in [0.25, 0.3) is 5.91 Å². The molecular formula is C24H24N2O3. The standard InChI is InChI=1S/C24H24N2O3/c1-16-10-12-17(13-11-16)22-14-20(19-8-4-5-9-21(19)26-22)24(28)29-15-23(27)25-18-6-2-3-7-18/h4-5,8-14,18H,2-3,6-7,15H2,1H3,(H,25,27). The molecular weight excluding hydrogens is 364 g/mol. The van der Waals surface area contributed by atoms with Gasteiger partial charge in [0, 0.05) is 17.0 Å². The van der Waals surface area contributed by atoms with E-state index in [9.17, 15) is 9.59 Å². The van der Waals surface area contributed by atoms with Crippen molar-refractivity contribution in [1.82, 2.24) is 10.3 Å². The number of rotatable bonds is 5. The molecule has 1 N–H and O–H groups in total. The molecule has 1 aromatic heterocycles. The minimum Gasteiger partial charge on any atom is -0.452 e. The smallest absolute Gasteiger partial charge is 0.339 e. The summed E-state index contributed by atoms with van der Waals surface area (Å²) in [5.41, 5.74) is 3.91. The summed E-state index contributed by atoms with van der Waals surface area (Å²) in [6, 6.07) is 17.4. The minimum absolute atomic E-state index is 0.205. The zero-order valence-corrected chi connectivity index (χ0v) is 16.5. The third-order valence-corrected chi connectivity index (χ3v) is 5.34. The fourth-order valence-electron chi connectivity index (χ4n) is 3.76. The monoisotopic (exact) mass is 388 g/mol. The second-order valence-corrected chi connectivity index (χ2v) is 7.56. The lowest BCUT2D eigenvalue weighted by molar-refractivity contribution is -0.124. The summed E-state index contributed by atoms with van der Waals surface area (Å²) in [5.74, 6) is -0.763. The van der Waals surface area contributed by atoms with E-state index in [0.29, 0.717) is 22.2 Å². The summed E-state index contributed by atoms with van der Waals surface area (Å²) in [6.07, 6.45) is 4.26. The van der Waals surface area contributed by atoms with Crippen molar-refractivity contribution in [2.24, 2.45) is 0 Å². The van der Waals surface area contributed by atoms with Crippen molar-refractivity contribution in [3.8, 4) is 11.3 Å². The quantitative estimate of drug-likeness (QED) is 0.657. The molecule has 0 atom stereocenters. The fourth-order valence-corrected chi connectivity index (χ4v) is 3.76. The van der Waals surface area contributed by atoms with Crippen molar-refractivity contribution in [1.29, 1.82) is 0 Å². The summed E-state index contributed by atoms with van der Waals surface area (Å²) in [5, 5.41) is 3.65. The summed E-state index contributed by atoms with van der Waals surface area (Å²) >= 11 is 0. The number of benzene rings is 2. The molecule has 2 aromatic carbocycles. The number of nitrogens with zero attached hydrogens (tertiary/aromatic N) is 1. The van der Waals surface area contributed by atoms with Gasteiger partial charge in [-0.2, -0.15) is 0 Å². The third-order valence-electron chi connectivity index (χ3n) is 5.34. The number of esters is 1. The van der Waals surface area contributed by atoms with Crippen molar-refractivity contribution >= 4 is 22.8 Å². The van der Waals surface area contributed by atoms with Gasteiger partial charge in [-0.05, 0) is 31.9 Å². The maximum absolute atomic E-state index is 12.8. The Morgan fingerprint density at radius 1 is 1.07 bits per heavy atom. The Hall–Kier alpha value is -3.21. The van der Waals surface area contributed by atoms with E-state index in [1.165, 1.54) is 0 Å². The Labute approximate surface area is 170 Å². The largest absolute Gasteiger partial charge is 0.452 e. The van der Waals surface area contributed by atoms with Crippen LogP contribution in [0, 0.1) is 6.92 Å². The number of nitrogens with one attached hydrogen (secondary N) is 1. The van der Waals surface area contributed by atoms with E-state index in [2.05, 4.69) is 5.32 Å². The van der Waals surface area contributed by atoms with Crippen LogP contribution in [0.5, 0.6) is 0 Å². The Morgan fingerprint density at radius 2 is 1.79 bits per heavy atom. The van der Waals surface area contributed by atoms with Gasteiger partial charge in [-0.1, -0.05) is 60.9 Å². The molecule has 1 aliphatic carbocycles. The Kier molecular flexibility index (Phi) is 5.56. The van der Waals surface area contributed by atoms with Gasteiger partial charge in [0.05, 0.1) is 16.8 Å². The Bertz CT molecular complexity index is 1040. The number of carbonyl (C=O) groups excluding carboxylic acids is 2. The van der Waals surface area contributed by atoms with Crippen molar-refractivity contribution < 1.29 is 14.3 Å². The number of hydrogen-bond acceptors (Lipinski definition) is 4. The lowest BCUT2D eigenvalue weighted by Crippen LogP contribution is -2.35. The van der Waals surface area contributed by atoms with E-state index in [1.807, 2.05) is 55.5 Å². The summed E-state index contributed by atoms with van der Waals surface area (Å²) in [7, 11) is 0. The molecule has 148 valence electrons. The summed E-state index contributed by atoms with van der Waals surface area (Å²) < 4.78 is 5.34. The van der Waals surface area contributed by atoms with Gasteiger partial charge >= 0.3 is 5.97 Å². The Balaban J connectivity index is 1.57. The molecule has 5 nitrogen and oxygen atoms in total. The molecule has 0 saturated heterocycles. The van der Waals surface area contributed by atoms with Gasteiger partial charge in [0.1, 0.15) is 0 Å². The van der Waals surface area contributed by atoms with E-state index in [4.69, 9.17) is 9.72 Å². The van der Waals surface area contributed by atoms with Crippen LogP contribution in [0.25, 0.3) is 22.2 Å². The predicted octanol–water partition coefficient (Wildman–Crippen LogP) is 4.43. The molecule has 5 heteroatoms. The number of aromatic nitrogens is 1. The molecule has 0 bridgehead atoms. The molecule has 0 spiro atoms. The molecule has 0 aliphatic heterocycles. The van der Waals surface area contributed by atoms with Gasteiger partial charge in [-0.15, -0.1) is 0 Å². The van der Waals surface area contributed by atoms with Crippen LogP contribution in [0.1, 0.15) is 41.6 Å². The highest BCUT2D eigenvalue weighted by molar-refractivity contribution is 6.05. The van der Waals surface area contributed by atoms with Gasteiger partial charge < -0.3 is 10.1 Å². The number of carbonyl (C=O) groups is 2. The number of fused-ring (bicyclic) bond motifs is 1. The van der Waals surface area contributed by atoms with Gasteiger partial charge in [-0.25, -0.2) is 9.78 Å². The van der Waals surface area contributed by atoms with Crippen LogP contribution in [0.3, 0.4) is 0 Å². The highest BCUT2D eigenvalue weighted by Gasteiger charge is 2.19. The second kappa shape index (κ2) is 8.43. The molecule has 1 amide bonds. The zero-order chi connectivity index (χ0) is 20.2. The van der Waals surface area contributed by atoms with Gasteiger partial charge in [-0.3, -0.25) is 4.79 Å². The fraction of sp³-hybridized carbons (Fsp3) is 0.292. The van der Waals surface area contributed by atoms with E-state index in [0.717, 1.165) is 36.8 Å². The van der Waals surface area contributed by atoms with Crippen molar-refractivity contribution in [3.05, 3.63) is 65.7 Å². The lowest BCUT2D eigenvalue weighted by atomic mass is 10.0. The first-order chi connectivity index (χ1) is 14.1. The van der Waals surface area contributed by atoms with E-state index in [1.54, 1.807) is 6.07 Å².